The molecule has 1 fully saturated rings. The lowest BCUT2D eigenvalue weighted by molar-refractivity contribution is 0.267. The quantitative estimate of drug-likeness (QED) is 0.791. The zero-order chi connectivity index (χ0) is 14.6. The fraction of sp³-hybridized carbons (Fsp3) is 0.647. The molecule has 4 heteroatoms. The van der Waals surface area contributed by atoms with Gasteiger partial charge in [0.05, 0.1) is 11.1 Å². The maximum Gasteiger partial charge on any atom is 0.133 e. The molecular weight excluding hydrogens is 350 g/mol. The zero-order valence-corrected chi connectivity index (χ0v) is 15.6. The minimum Gasteiger partial charge on any atom is -0.492 e. The summed E-state index contributed by atoms with van der Waals surface area (Å²) in [5, 5.41) is 3.56. The molecule has 1 unspecified atom stereocenters. The lowest BCUT2D eigenvalue weighted by Crippen LogP contribution is -2.35. The first kappa shape index (κ1) is 18.8. The average molecular weight is 377 g/mol. The van der Waals surface area contributed by atoms with E-state index in [-0.39, 0.29) is 17.8 Å². The summed E-state index contributed by atoms with van der Waals surface area (Å²) >= 11 is 3.63. The van der Waals surface area contributed by atoms with Crippen LogP contribution in [0.3, 0.4) is 0 Å². The van der Waals surface area contributed by atoms with E-state index in [0.717, 1.165) is 29.8 Å². The highest BCUT2D eigenvalue weighted by Gasteiger charge is 2.16. The highest BCUT2D eigenvalue weighted by molar-refractivity contribution is 9.10. The fourth-order valence-electron chi connectivity index (χ4n) is 2.57. The second kappa shape index (κ2) is 8.40. The molecule has 1 aromatic rings. The molecule has 2 nitrogen and oxygen atoms in total. The van der Waals surface area contributed by atoms with Gasteiger partial charge in [-0.2, -0.15) is 0 Å². The van der Waals surface area contributed by atoms with Crippen LogP contribution in [0.5, 0.6) is 5.75 Å². The Morgan fingerprint density at radius 2 is 2.05 bits per heavy atom. The summed E-state index contributed by atoms with van der Waals surface area (Å²) in [7, 11) is 0. The summed E-state index contributed by atoms with van der Waals surface area (Å²) in [6.45, 7) is 8.62. The second-order valence-electron chi connectivity index (χ2n) is 6.68. The SMILES string of the molecule is CC(C)(C)c1ccc(OCCC2CCCCN2)c(Br)c1.Cl. The van der Waals surface area contributed by atoms with E-state index in [4.69, 9.17) is 4.74 Å². The van der Waals surface area contributed by atoms with Gasteiger partial charge in [-0.05, 0) is 64.8 Å². The van der Waals surface area contributed by atoms with Gasteiger partial charge >= 0.3 is 0 Å². The molecule has 2 rings (SSSR count). The molecule has 0 saturated carbocycles. The highest BCUT2D eigenvalue weighted by atomic mass is 79.9. The molecule has 0 bridgehead atoms. The standard InChI is InChI=1S/C17H26BrNO.ClH/c1-17(2,3)13-7-8-16(15(18)12-13)20-11-9-14-6-4-5-10-19-14;/h7-8,12,14,19H,4-6,9-11H2,1-3H3;1H. The summed E-state index contributed by atoms with van der Waals surface area (Å²) in [6, 6.07) is 7.06. The lowest BCUT2D eigenvalue weighted by atomic mass is 9.87. The maximum absolute atomic E-state index is 5.92. The second-order valence-corrected chi connectivity index (χ2v) is 7.53. The molecule has 0 amide bonds. The van der Waals surface area contributed by atoms with Crippen LogP contribution in [-0.2, 0) is 5.41 Å². The predicted molar refractivity (Wildman–Crippen MR) is 95.8 cm³/mol. The Hall–Kier alpha value is -0.250. The van der Waals surface area contributed by atoms with Crippen LogP contribution >= 0.6 is 28.3 Å². The molecule has 0 radical (unpaired) electrons. The molecule has 1 heterocycles. The van der Waals surface area contributed by atoms with E-state index in [0.29, 0.717) is 6.04 Å². The van der Waals surface area contributed by atoms with Crippen molar-refractivity contribution in [2.75, 3.05) is 13.2 Å². The summed E-state index contributed by atoms with van der Waals surface area (Å²) < 4.78 is 6.98. The molecule has 0 aliphatic carbocycles. The van der Waals surface area contributed by atoms with Gasteiger partial charge in [-0.3, -0.25) is 0 Å². The van der Waals surface area contributed by atoms with Gasteiger partial charge in [0.15, 0.2) is 0 Å². The zero-order valence-electron chi connectivity index (χ0n) is 13.2. The summed E-state index contributed by atoms with van der Waals surface area (Å²) in [5.74, 6) is 0.953. The van der Waals surface area contributed by atoms with Crippen molar-refractivity contribution in [2.45, 2.75) is 57.9 Å². The molecule has 21 heavy (non-hydrogen) atoms. The van der Waals surface area contributed by atoms with E-state index in [2.05, 4.69) is 60.2 Å². The Balaban J connectivity index is 0.00000220. The number of ether oxygens (including phenoxy) is 1. The van der Waals surface area contributed by atoms with Crippen molar-refractivity contribution < 1.29 is 4.74 Å². The first-order valence-electron chi connectivity index (χ1n) is 7.63. The van der Waals surface area contributed by atoms with E-state index in [1.165, 1.54) is 24.8 Å². The summed E-state index contributed by atoms with van der Waals surface area (Å²) in [6.07, 6.45) is 5.04. The molecular formula is C17H27BrClNO. The summed E-state index contributed by atoms with van der Waals surface area (Å²) in [5.41, 5.74) is 1.50. The van der Waals surface area contributed by atoms with Crippen molar-refractivity contribution in [3.8, 4) is 5.75 Å². The highest BCUT2D eigenvalue weighted by Crippen LogP contribution is 2.31. The Bertz CT molecular complexity index is 439. The topological polar surface area (TPSA) is 21.3 Å². The molecule has 0 aromatic heterocycles. The van der Waals surface area contributed by atoms with Gasteiger partial charge in [0.1, 0.15) is 5.75 Å². The minimum atomic E-state index is 0. The molecule has 1 aliphatic heterocycles. The number of hydrogen-bond donors (Lipinski definition) is 1. The van der Waals surface area contributed by atoms with E-state index in [9.17, 15) is 0 Å². The van der Waals surface area contributed by atoms with E-state index >= 15 is 0 Å². The van der Waals surface area contributed by atoms with Crippen LogP contribution in [-0.4, -0.2) is 19.2 Å². The third-order valence-corrected chi connectivity index (χ3v) is 4.55. The predicted octanol–water partition coefficient (Wildman–Crippen LogP) is 5.08. The molecule has 1 saturated heterocycles. The van der Waals surface area contributed by atoms with Crippen LogP contribution in [0.2, 0.25) is 0 Å². The van der Waals surface area contributed by atoms with Crippen LogP contribution in [0.25, 0.3) is 0 Å². The van der Waals surface area contributed by atoms with Gasteiger partial charge in [0.2, 0.25) is 0 Å². The molecule has 1 aliphatic rings. The smallest absolute Gasteiger partial charge is 0.133 e. The van der Waals surface area contributed by atoms with E-state index in [1.54, 1.807) is 0 Å². The van der Waals surface area contributed by atoms with Crippen LogP contribution in [0.15, 0.2) is 22.7 Å². The van der Waals surface area contributed by atoms with Crippen molar-refractivity contribution in [1.82, 2.24) is 5.32 Å². The number of benzene rings is 1. The Labute approximate surface area is 143 Å². The molecule has 0 spiro atoms. The summed E-state index contributed by atoms with van der Waals surface area (Å²) in [4.78, 5) is 0. The van der Waals surface area contributed by atoms with Gasteiger partial charge in [0, 0.05) is 6.04 Å². The van der Waals surface area contributed by atoms with Crippen molar-refractivity contribution in [1.29, 1.82) is 0 Å². The van der Waals surface area contributed by atoms with Crippen LogP contribution in [0.4, 0.5) is 0 Å². The minimum absolute atomic E-state index is 0. The molecule has 1 aromatic carbocycles. The normalized spacial score (nSPS) is 19.0. The van der Waals surface area contributed by atoms with E-state index < -0.39 is 0 Å². The number of rotatable bonds is 4. The van der Waals surface area contributed by atoms with Crippen LogP contribution < -0.4 is 10.1 Å². The van der Waals surface area contributed by atoms with Crippen molar-refractivity contribution in [2.24, 2.45) is 0 Å². The monoisotopic (exact) mass is 375 g/mol. The number of nitrogens with one attached hydrogen (secondary N) is 1. The van der Waals surface area contributed by atoms with Crippen LogP contribution in [0, 0.1) is 0 Å². The van der Waals surface area contributed by atoms with Gasteiger partial charge < -0.3 is 10.1 Å². The third-order valence-electron chi connectivity index (χ3n) is 3.93. The molecule has 120 valence electrons. The van der Waals surface area contributed by atoms with Crippen molar-refractivity contribution >= 4 is 28.3 Å². The first-order chi connectivity index (χ1) is 9.47. The first-order valence-corrected chi connectivity index (χ1v) is 8.42. The number of hydrogen-bond acceptors (Lipinski definition) is 2. The fourth-order valence-corrected chi connectivity index (χ4v) is 3.06. The van der Waals surface area contributed by atoms with Gasteiger partial charge in [-0.25, -0.2) is 0 Å². The van der Waals surface area contributed by atoms with Crippen molar-refractivity contribution in [3.63, 3.8) is 0 Å². The Morgan fingerprint density at radius 1 is 1.29 bits per heavy atom. The van der Waals surface area contributed by atoms with Crippen molar-refractivity contribution in [3.05, 3.63) is 28.2 Å². The molecule has 1 atom stereocenters. The number of halogens is 2. The average Bonchev–Trinajstić information content (AvgIpc) is 2.40. The Morgan fingerprint density at radius 3 is 2.62 bits per heavy atom. The Kier molecular flexibility index (Phi) is 7.52. The maximum atomic E-state index is 5.92. The van der Waals surface area contributed by atoms with Crippen LogP contribution in [0.1, 0.15) is 52.0 Å². The largest absolute Gasteiger partial charge is 0.492 e. The lowest BCUT2D eigenvalue weighted by Gasteiger charge is -2.24. The van der Waals surface area contributed by atoms with Gasteiger partial charge in [0.25, 0.3) is 0 Å². The van der Waals surface area contributed by atoms with Gasteiger partial charge in [-0.15, -0.1) is 12.4 Å². The molecule has 1 N–H and O–H groups in total. The number of piperidine rings is 1. The van der Waals surface area contributed by atoms with E-state index in [1.807, 2.05) is 0 Å². The third kappa shape index (κ3) is 5.80. The van der Waals surface area contributed by atoms with Gasteiger partial charge in [-0.1, -0.05) is 33.3 Å².